The van der Waals surface area contributed by atoms with Gasteiger partial charge in [0, 0.05) is 23.2 Å². The van der Waals surface area contributed by atoms with Gasteiger partial charge in [0.05, 0.1) is 12.9 Å². The Morgan fingerprint density at radius 3 is 2.79 bits per heavy atom. The molecule has 14 heavy (non-hydrogen) atoms. The van der Waals surface area contributed by atoms with Gasteiger partial charge in [0.2, 0.25) is 5.09 Å². The van der Waals surface area contributed by atoms with Gasteiger partial charge in [-0.2, -0.15) is 0 Å². The number of halogens is 1. The van der Waals surface area contributed by atoms with E-state index in [1.165, 1.54) is 12.3 Å². The van der Waals surface area contributed by atoms with E-state index in [1.807, 2.05) is 0 Å². The van der Waals surface area contributed by atoms with Gasteiger partial charge in [-0.1, -0.05) is 0 Å². The Morgan fingerprint density at radius 2 is 2.29 bits per heavy atom. The third kappa shape index (κ3) is 3.04. The molecule has 0 amide bonds. The number of hydrogen-bond donors (Lipinski definition) is 0. The number of rotatable bonds is 5. The number of ether oxygens (including phenoxy) is 1. The van der Waals surface area contributed by atoms with Gasteiger partial charge in [-0.25, -0.2) is 8.42 Å². The van der Waals surface area contributed by atoms with Crippen molar-refractivity contribution >= 4 is 26.2 Å². The smallest absolute Gasteiger partial charge is 0.294 e. The Kier molecular flexibility index (Phi) is 3.54. The molecule has 1 heterocycles. The molecule has 0 radical (unpaired) electrons. The van der Waals surface area contributed by atoms with E-state index in [4.69, 9.17) is 15.1 Å². The third-order valence-electron chi connectivity index (χ3n) is 1.45. The van der Waals surface area contributed by atoms with Crippen LogP contribution in [0.4, 0.5) is 0 Å². The second kappa shape index (κ2) is 4.47. The molecule has 1 rings (SSSR count). The normalized spacial score (nSPS) is 11.2. The first kappa shape index (κ1) is 11.1. The van der Waals surface area contributed by atoms with E-state index in [2.05, 4.69) is 4.74 Å². The highest BCUT2D eigenvalue weighted by Crippen LogP contribution is 2.18. The lowest BCUT2D eigenvalue weighted by molar-refractivity contribution is -0.128. The fourth-order valence-corrected chi connectivity index (χ4v) is 1.53. The van der Waals surface area contributed by atoms with Crippen LogP contribution in [0.5, 0.6) is 0 Å². The molecule has 0 bridgehead atoms. The van der Waals surface area contributed by atoms with E-state index in [0.717, 1.165) is 0 Å². The topological polar surface area (TPSA) is 73.6 Å². The first-order chi connectivity index (χ1) is 6.54. The molecule has 0 aliphatic heterocycles. The van der Waals surface area contributed by atoms with E-state index >= 15 is 0 Å². The largest absolute Gasteiger partial charge is 0.468 e. The lowest BCUT2D eigenvalue weighted by Crippen LogP contribution is -1.95. The average molecular weight is 239 g/mol. The summed E-state index contributed by atoms with van der Waals surface area (Å²) in [5, 5.41) is -0.305. The molecule has 0 N–H and O–H groups in total. The Hall–Kier alpha value is -1.01. The van der Waals surface area contributed by atoms with E-state index in [0.29, 0.717) is 18.5 Å². The van der Waals surface area contributed by atoms with Crippen molar-refractivity contribution in [1.29, 1.82) is 0 Å². The molecule has 1 aromatic rings. The van der Waals surface area contributed by atoms with Gasteiger partial charge in [0.1, 0.15) is 0 Å². The van der Waals surface area contributed by atoms with Crippen LogP contribution >= 0.6 is 10.7 Å². The summed E-state index contributed by atoms with van der Waals surface area (Å²) in [5.74, 6) is 0. The lowest BCUT2D eigenvalue weighted by Gasteiger charge is -1.93. The average Bonchev–Trinajstić information content (AvgIpc) is 2.52. The molecular formula is C7H7ClO5S. The number of carbonyl (C=O) groups is 1. The zero-order chi connectivity index (χ0) is 10.6. The van der Waals surface area contributed by atoms with Gasteiger partial charge in [0.25, 0.3) is 15.5 Å². The van der Waals surface area contributed by atoms with Crippen LogP contribution in [0, 0.1) is 0 Å². The maximum absolute atomic E-state index is 10.8. The quantitative estimate of drug-likeness (QED) is 0.433. The fraction of sp³-hybridized carbons (Fsp3) is 0.286. The Labute approximate surface area is 85.0 Å². The van der Waals surface area contributed by atoms with Crippen molar-refractivity contribution in [3.8, 4) is 0 Å². The van der Waals surface area contributed by atoms with Gasteiger partial charge in [-0.3, -0.25) is 4.79 Å². The maximum Gasteiger partial charge on any atom is 0.294 e. The third-order valence-corrected chi connectivity index (χ3v) is 2.60. The summed E-state index contributed by atoms with van der Waals surface area (Å²) >= 11 is 0. The second-order valence-corrected chi connectivity index (χ2v) is 4.93. The number of hydrogen-bond acceptors (Lipinski definition) is 5. The molecule has 1 aromatic heterocycles. The summed E-state index contributed by atoms with van der Waals surface area (Å²) in [4.78, 5) is 9.80. The second-order valence-electron chi connectivity index (χ2n) is 2.43. The van der Waals surface area contributed by atoms with Gasteiger partial charge in [-0.15, -0.1) is 0 Å². The van der Waals surface area contributed by atoms with Crippen LogP contribution in [0.1, 0.15) is 5.56 Å². The molecular weight excluding hydrogens is 232 g/mol. The lowest BCUT2D eigenvalue weighted by atomic mass is 10.3. The molecule has 0 saturated heterocycles. The molecule has 0 saturated carbocycles. The highest BCUT2D eigenvalue weighted by Gasteiger charge is 2.14. The predicted octanol–water partition coefficient (Wildman–Crippen LogP) is 0.923. The zero-order valence-electron chi connectivity index (χ0n) is 6.97. The first-order valence-electron chi connectivity index (χ1n) is 3.61. The van der Waals surface area contributed by atoms with Crippen LogP contribution in [0.2, 0.25) is 0 Å². The molecule has 0 aromatic carbocycles. The molecule has 0 atom stereocenters. The minimum atomic E-state index is -3.82. The first-order valence-corrected chi connectivity index (χ1v) is 5.92. The monoisotopic (exact) mass is 238 g/mol. The standard InChI is InChI=1S/C7H7ClO5S/c8-14(10,11)7-3-6(4-13-7)1-2-12-5-9/h3-5H,1-2H2. The van der Waals surface area contributed by atoms with Crippen molar-refractivity contribution in [2.75, 3.05) is 6.61 Å². The predicted molar refractivity (Wildman–Crippen MR) is 47.5 cm³/mol. The van der Waals surface area contributed by atoms with Crippen LogP contribution < -0.4 is 0 Å². The molecule has 0 aliphatic carbocycles. The summed E-state index contributed by atoms with van der Waals surface area (Å²) in [7, 11) is 1.21. The fourth-order valence-electron chi connectivity index (χ4n) is 0.837. The summed E-state index contributed by atoms with van der Waals surface area (Å²) in [6.45, 7) is 0.490. The molecule has 78 valence electrons. The van der Waals surface area contributed by atoms with E-state index in [9.17, 15) is 13.2 Å². The maximum atomic E-state index is 10.8. The minimum absolute atomic E-state index is 0.171. The van der Waals surface area contributed by atoms with Gasteiger partial charge < -0.3 is 9.15 Å². The van der Waals surface area contributed by atoms with Crippen molar-refractivity contribution in [1.82, 2.24) is 0 Å². The molecule has 0 aliphatic rings. The van der Waals surface area contributed by atoms with Crippen molar-refractivity contribution in [3.05, 3.63) is 17.9 Å². The van der Waals surface area contributed by atoms with E-state index in [1.54, 1.807) is 0 Å². The van der Waals surface area contributed by atoms with Crippen LogP contribution in [-0.2, 0) is 25.0 Å². The highest BCUT2D eigenvalue weighted by molar-refractivity contribution is 8.13. The number of carbonyl (C=O) groups excluding carboxylic acids is 1. The van der Waals surface area contributed by atoms with Gasteiger partial charge in [0.15, 0.2) is 0 Å². The van der Waals surface area contributed by atoms with Crippen molar-refractivity contribution < 1.29 is 22.4 Å². The van der Waals surface area contributed by atoms with Gasteiger partial charge >= 0.3 is 0 Å². The summed E-state index contributed by atoms with van der Waals surface area (Å²) in [6, 6.07) is 1.29. The van der Waals surface area contributed by atoms with Crippen LogP contribution in [0.15, 0.2) is 21.8 Å². The summed E-state index contributed by atoms with van der Waals surface area (Å²) < 4.78 is 30.6. The van der Waals surface area contributed by atoms with Crippen LogP contribution in [-0.4, -0.2) is 21.5 Å². The molecule has 0 unspecified atom stereocenters. The van der Waals surface area contributed by atoms with Crippen molar-refractivity contribution in [2.45, 2.75) is 11.5 Å². The van der Waals surface area contributed by atoms with Gasteiger partial charge in [-0.05, 0) is 5.56 Å². The number of furan rings is 1. The highest BCUT2D eigenvalue weighted by atomic mass is 35.7. The Morgan fingerprint density at radius 1 is 1.57 bits per heavy atom. The Bertz CT molecular complexity index is 407. The van der Waals surface area contributed by atoms with Crippen LogP contribution in [0.25, 0.3) is 0 Å². The Balaban J connectivity index is 2.64. The molecule has 5 nitrogen and oxygen atoms in total. The van der Waals surface area contributed by atoms with Crippen molar-refractivity contribution in [2.24, 2.45) is 0 Å². The van der Waals surface area contributed by atoms with Crippen molar-refractivity contribution in [3.63, 3.8) is 0 Å². The van der Waals surface area contributed by atoms with E-state index in [-0.39, 0.29) is 11.7 Å². The van der Waals surface area contributed by atoms with Crippen LogP contribution in [0.3, 0.4) is 0 Å². The summed E-state index contributed by atoms with van der Waals surface area (Å²) in [5.41, 5.74) is 0.603. The van der Waals surface area contributed by atoms with E-state index < -0.39 is 9.05 Å². The molecule has 0 spiro atoms. The summed E-state index contributed by atoms with van der Waals surface area (Å²) in [6.07, 6.45) is 1.64. The molecule has 7 heteroatoms. The minimum Gasteiger partial charge on any atom is -0.468 e. The SMILES string of the molecule is O=COCCc1coc(S(=O)(=O)Cl)c1. The zero-order valence-corrected chi connectivity index (χ0v) is 8.55. The molecule has 0 fully saturated rings.